The van der Waals surface area contributed by atoms with Gasteiger partial charge in [0.2, 0.25) is 0 Å². The average Bonchev–Trinajstić information content (AvgIpc) is 2.59. The first kappa shape index (κ1) is 17.5. The highest BCUT2D eigenvalue weighted by Gasteiger charge is 2.27. The molecule has 0 aliphatic rings. The zero-order valence-electron chi connectivity index (χ0n) is 13.5. The molecule has 4 nitrogen and oxygen atoms in total. The second-order valence-corrected chi connectivity index (χ2v) is 5.33. The van der Waals surface area contributed by atoms with Crippen LogP contribution in [0.4, 0.5) is 0 Å². The van der Waals surface area contributed by atoms with Gasteiger partial charge in [0.15, 0.2) is 5.92 Å². The van der Waals surface area contributed by atoms with E-state index in [0.29, 0.717) is 0 Å². The van der Waals surface area contributed by atoms with Gasteiger partial charge in [0.25, 0.3) is 0 Å². The summed E-state index contributed by atoms with van der Waals surface area (Å²) in [5.74, 6) is -3.03. The second-order valence-electron chi connectivity index (χ2n) is 5.33. The predicted molar refractivity (Wildman–Crippen MR) is 93.3 cm³/mol. The van der Waals surface area contributed by atoms with Crippen molar-refractivity contribution in [3.8, 4) is 0 Å². The maximum atomic E-state index is 11.7. The standard InChI is InChI=1S/C20H20O4/c1-2-24-20(23)18(19(21)22)14-17-12-10-16(11-13-17)9-8-15-6-4-3-5-7-15/h3-13,18H,2,14H2,1H3,(H,21,22). The molecule has 0 amide bonds. The van der Waals surface area contributed by atoms with Gasteiger partial charge in [-0.25, -0.2) is 0 Å². The zero-order chi connectivity index (χ0) is 17.4. The molecule has 0 spiro atoms. The number of carboxylic acid groups (broad SMARTS) is 1. The maximum Gasteiger partial charge on any atom is 0.320 e. The van der Waals surface area contributed by atoms with Crippen molar-refractivity contribution >= 4 is 24.1 Å². The molecule has 0 aliphatic carbocycles. The van der Waals surface area contributed by atoms with Gasteiger partial charge in [-0.05, 0) is 30.0 Å². The van der Waals surface area contributed by atoms with E-state index in [1.807, 2.05) is 66.7 Å². The van der Waals surface area contributed by atoms with Crippen LogP contribution in [0.1, 0.15) is 23.6 Å². The van der Waals surface area contributed by atoms with Crippen molar-refractivity contribution in [2.24, 2.45) is 5.92 Å². The summed E-state index contributed by atoms with van der Waals surface area (Å²) >= 11 is 0. The van der Waals surface area contributed by atoms with Gasteiger partial charge in [-0.15, -0.1) is 0 Å². The third-order valence-corrected chi connectivity index (χ3v) is 3.56. The Morgan fingerprint density at radius 2 is 1.58 bits per heavy atom. The number of carbonyl (C=O) groups is 2. The number of carboxylic acids is 1. The SMILES string of the molecule is CCOC(=O)C(Cc1ccc(C=Cc2ccccc2)cc1)C(=O)O. The minimum Gasteiger partial charge on any atom is -0.481 e. The third kappa shape index (κ3) is 5.09. The molecular weight excluding hydrogens is 304 g/mol. The van der Waals surface area contributed by atoms with Gasteiger partial charge in [-0.1, -0.05) is 66.7 Å². The Morgan fingerprint density at radius 3 is 2.12 bits per heavy atom. The number of ether oxygens (including phenoxy) is 1. The molecule has 0 fully saturated rings. The molecule has 0 saturated carbocycles. The number of benzene rings is 2. The molecule has 1 N–H and O–H groups in total. The average molecular weight is 324 g/mol. The molecule has 0 aromatic heterocycles. The fourth-order valence-corrected chi connectivity index (χ4v) is 2.27. The van der Waals surface area contributed by atoms with Gasteiger partial charge < -0.3 is 9.84 Å². The monoisotopic (exact) mass is 324 g/mol. The second kappa shape index (κ2) is 8.67. The lowest BCUT2D eigenvalue weighted by molar-refractivity contribution is -0.158. The van der Waals surface area contributed by atoms with Crippen molar-refractivity contribution in [3.63, 3.8) is 0 Å². The fourth-order valence-electron chi connectivity index (χ4n) is 2.27. The molecule has 0 aliphatic heterocycles. The Morgan fingerprint density at radius 1 is 1.00 bits per heavy atom. The van der Waals surface area contributed by atoms with E-state index in [0.717, 1.165) is 16.7 Å². The van der Waals surface area contributed by atoms with Crippen molar-refractivity contribution in [1.82, 2.24) is 0 Å². The molecule has 24 heavy (non-hydrogen) atoms. The van der Waals surface area contributed by atoms with Crippen LogP contribution in [-0.4, -0.2) is 23.7 Å². The fraction of sp³-hybridized carbons (Fsp3) is 0.200. The minimum absolute atomic E-state index is 0.122. The first-order chi connectivity index (χ1) is 11.6. The third-order valence-electron chi connectivity index (χ3n) is 3.56. The number of carbonyl (C=O) groups excluding carboxylic acids is 1. The van der Waals surface area contributed by atoms with Crippen LogP contribution in [-0.2, 0) is 20.7 Å². The van der Waals surface area contributed by atoms with Crippen LogP contribution in [0.5, 0.6) is 0 Å². The Balaban J connectivity index is 2.04. The first-order valence-electron chi connectivity index (χ1n) is 7.81. The van der Waals surface area contributed by atoms with Gasteiger partial charge in [0.05, 0.1) is 6.61 Å². The van der Waals surface area contributed by atoms with Crippen LogP contribution in [0, 0.1) is 5.92 Å². The molecular formula is C20H20O4. The lowest BCUT2D eigenvalue weighted by atomic mass is 9.98. The van der Waals surface area contributed by atoms with E-state index < -0.39 is 17.9 Å². The van der Waals surface area contributed by atoms with Crippen LogP contribution in [0.25, 0.3) is 12.2 Å². The quantitative estimate of drug-likeness (QED) is 0.479. The van der Waals surface area contributed by atoms with Crippen LogP contribution in [0.3, 0.4) is 0 Å². The summed E-state index contributed by atoms with van der Waals surface area (Å²) in [7, 11) is 0. The van der Waals surface area contributed by atoms with Crippen molar-refractivity contribution in [2.45, 2.75) is 13.3 Å². The van der Waals surface area contributed by atoms with Crippen molar-refractivity contribution < 1.29 is 19.4 Å². The molecule has 0 bridgehead atoms. The van der Waals surface area contributed by atoms with E-state index in [1.165, 1.54) is 0 Å². The van der Waals surface area contributed by atoms with Crippen LogP contribution in [0.15, 0.2) is 54.6 Å². The van der Waals surface area contributed by atoms with Gasteiger partial charge in [-0.3, -0.25) is 9.59 Å². The van der Waals surface area contributed by atoms with E-state index in [2.05, 4.69) is 0 Å². The molecule has 2 aromatic rings. The van der Waals surface area contributed by atoms with E-state index in [-0.39, 0.29) is 13.0 Å². The molecule has 2 aromatic carbocycles. The summed E-state index contributed by atoms with van der Waals surface area (Å²) in [4.78, 5) is 22.9. The Labute approximate surface area is 141 Å². The van der Waals surface area contributed by atoms with Crippen molar-refractivity contribution in [2.75, 3.05) is 6.61 Å². The molecule has 1 unspecified atom stereocenters. The Kier molecular flexibility index (Phi) is 6.32. The molecule has 0 saturated heterocycles. The molecule has 1 atom stereocenters. The minimum atomic E-state index is -1.17. The topological polar surface area (TPSA) is 63.6 Å². The van der Waals surface area contributed by atoms with Crippen LogP contribution < -0.4 is 0 Å². The van der Waals surface area contributed by atoms with Gasteiger partial charge in [-0.2, -0.15) is 0 Å². The van der Waals surface area contributed by atoms with Crippen LogP contribution >= 0.6 is 0 Å². The largest absolute Gasteiger partial charge is 0.481 e. The zero-order valence-corrected chi connectivity index (χ0v) is 13.5. The molecule has 124 valence electrons. The number of esters is 1. The van der Waals surface area contributed by atoms with E-state index in [9.17, 15) is 14.7 Å². The van der Waals surface area contributed by atoms with Gasteiger partial charge in [0, 0.05) is 0 Å². The summed E-state index contributed by atoms with van der Waals surface area (Å²) in [6.45, 7) is 1.83. The molecule has 2 rings (SSSR count). The summed E-state index contributed by atoms with van der Waals surface area (Å²) in [5.41, 5.74) is 2.90. The highest BCUT2D eigenvalue weighted by atomic mass is 16.5. The number of rotatable bonds is 7. The summed E-state index contributed by atoms with van der Waals surface area (Å²) in [5, 5.41) is 9.18. The predicted octanol–water partition coefficient (Wildman–Crippen LogP) is 3.66. The van der Waals surface area contributed by atoms with Crippen LogP contribution in [0.2, 0.25) is 0 Å². The number of hydrogen-bond acceptors (Lipinski definition) is 3. The summed E-state index contributed by atoms with van der Waals surface area (Å²) in [6.07, 6.45) is 4.11. The smallest absolute Gasteiger partial charge is 0.320 e. The van der Waals surface area contributed by atoms with E-state index in [4.69, 9.17) is 4.74 Å². The van der Waals surface area contributed by atoms with Crippen molar-refractivity contribution in [1.29, 1.82) is 0 Å². The summed E-state index contributed by atoms with van der Waals surface area (Å²) in [6, 6.07) is 17.4. The molecule has 0 radical (unpaired) electrons. The Bertz CT molecular complexity index is 702. The summed E-state index contributed by atoms with van der Waals surface area (Å²) < 4.78 is 4.82. The highest BCUT2D eigenvalue weighted by molar-refractivity contribution is 5.94. The lowest BCUT2D eigenvalue weighted by Gasteiger charge is -2.11. The molecule has 4 heteroatoms. The normalized spacial score (nSPS) is 12.0. The highest BCUT2D eigenvalue weighted by Crippen LogP contribution is 2.14. The number of aliphatic carboxylic acids is 1. The van der Waals surface area contributed by atoms with E-state index in [1.54, 1.807) is 6.92 Å². The maximum absolute atomic E-state index is 11.7. The van der Waals surface area contributed by atoms with Gasteiger partial charge >= 0.3 is 11.9 Å². The van der Waals surface area contributed by atoms with Crippen molar-refractivity contribution in [3.05, 3.63) is 71.3 Å². The molecule has 0 heterocycles. The van der Waals surface area contributed by atoms with Gasteiger partial charge in [0.1, 0.15) is 0 Å². The number of hydrogen-bond donors (Lipinski definition) is 1. The lowest BCUT2D eigenvalue weighted by Crippen LogP contribution is -2.27. The van der Waals surface area contributed by atoms with E-state index >= 15 is 0 Å². The Hall–Kier alpha value is -2.88. The first-order valence-corrected chi connectivity index (χ1v) is 7.81.